The molecule has 0 fully saturated rings. The molecule has 8 heavy (non-hydrogen) atoms. The van der Waals surface area contributed by atoms with Crippen LogP contribution in [0.15, 0.2) is 16.1 Å². The Balaban J connectivity index is 0.000000490. The van der Waals surface area contributed by atoms with Crippen LogP contribution in [0.3, 0.4) is 0 Å². The van der Waals surface area contributed by atoms with Crippen molar-refractivity contribution < 1.29 is 51.4 Å². The first-order valence-electron chi connectivity index (χ1n) is 2.29. The summed E-state index contributed by atoms with van der Waals surface area (Å²) in [5.74, 6) is 0. The molecule has 0 radical (unpaired) electrons. The summed E-state index contributed by atoms with van der Waals surface area (Å²) < 4.78 is 0. The number of hydrogen-bond acceptors (Lipinski definition) is 2. The van der Waals surface area contributed by atoms with Crippen LogP contribution in [0.1, 0.15) is 12.8 Å². The number of nitrogens with zero attached hydrogens (tertiary/aromatic N) is 1. The average molecular weight is 151 g/mol. The summed E-state index contributed by atoms with van der Waals surface area (Å²) in [6, 6.07) is 0. The molecule has 0 unspecified atom stereocenters. The van der Waals surface area contributed by atoms with Gasteiger partial charge in [0.25, 0.3) is 0 Å². The fourth-order valence-corrected chi connectivity index (χ4v) is 0.681. The van der Waals surface area contributed by atoms with Gasteiger partial charge >= 0.3 is 51.4 Å². The van der Waals surface area contributed by atoms with Gasteiger partial charge in [0.2, 0.25) is 0 Å². The molecule has 0 spiro atoms. The van der Waals surface area contributed by atoms with E-state index < -0.39 is 0 Å². The number of allylic oxidation sites excluding steroid dienone is 1. The third kappa shape index (κ3) is 3.32. The number of aliphatic imine (C=N–C) groups is 1. The molecule has 0 aliphatic carbocycles. The van der Waals surface area contributed by atoms with Crippen LogP contribution in [-0.4, -0.2) is 6.21 Å². The van der Waals surface area contributed by atoms with Crippen molar-refractivity contribution in [2.75, 3.05) is 0 Å². The first-order chi connectivity index (χ1) is 3.39. The summed E-state index contributed by atoms with van der Waals surface area (Å²) in [7, 11) is 0. The van der Waals surface area contributed by atoms with E-state index in [4.69, 9.17) is 12.6 Å². The smallest absolute Gasteiger partial charge is 0.761 e. The van der Waals surface area contributed by atoms with Gasteiger partial charge in [-0.05, 0) is 12.8 Å². The Morgan fingerprint density at radius 3 is 2.50 bits per heavy atom. The summed E-state index contributed by atoms with van der Waals surface area (Å²) in [5.41, 5.74) is 0. The number of hydrogen-bond donors (Lipinski definition) is 0. The quantitative estimate of drug-likeness (QED) is 0.295. The van der Waals surface area contributed by atoms with Gasteiger partial charge in [-0.3, -0.25) is 4.99 Å². The Hall–Kier alpha value is 1.27. The molecule has 1 aliphatic rings. The fourth-order valence-electron chi connectivity index (χ4n) is 0.489. The van der Waals surface area contributed by atoms with Crippen LogP contribution in [-0.2, 0) is 12.6 Å². The zero-order chi connectivity index (χ0) is 5.11. The Morgan fingerprint density at radius 1 is 1.50 bits per heavy atom. The van der Waals surface area contributed by atoms with E-state index in [0.29, 0.717) is 0 Å². The molecule has 0 aromatic heterocycles. The third-order valence-electron chi connectivity index (χ3n) is 0.833. The summed E-state index contributed by atoms with van der Waals surface area (Å²) in [5, 5.41) is 0.742. The van der Waals surface area contributed by atoms with E-state index >= 15 is 0 Å². The SMILES string of the molecule is [K+].[S-]C1=CCCC=N1. The van der Waals surface area contributed by atoms with E-state index in [1.807, 2.05) is 12.3 Å². The van der Waals surface area contributed by atoms with Crippen LogP contribution in [0.25, 0.3) is 0 Å². The van der Waals surface area contributed by atoms with E-state index in [1.165, 1.54) is 0 Å². The van der Waals surface area contributed by atoms with E-state index in [2.05, 4.69) is 4.99 Å². The second-order valence-corrected chi connectivity index (χ2v) is 1.85. The van der Waals surface area contributed by atoms with Crippen LogP contribution in [0.2, 0.25) is 0 Å². The van der Waals surface area contributed by atoms with Crippen LogP contribution in [0.5, 0.6) is 0 Å². The second kappa shape index (κ2) is 5.08. The van der Waals surface area contributed by atoms with E-state index in [1.54, 1.807) is 0 Å². The van der Waals surface area contributed by atoms with Gasteiger partial charge in [-0.1, -0.05) is 11.1 Å². The fraction of sp³-hybridized carbons (Fsp3) is 0.400. The Kier molecular flexibility index (Phi) is 5.89. The predicted molar refractivity (Wildman–Crippen MR) is 33.2 cm³/mol. The molecule has 0 N–H and O–H groups in total. The molecular formula is C5H6KNS. The molecule has 3 heteroatoms. The monoisotopic (exact) mass is 151 g/mol. The molecule has 38 valence electrons. The molecule has 0 aromatic rings. The molecule has 0 saturated heterocycles. The maximum atomic E-state index is 4.75. The maximum Gasteiger partial charge on any atom is 1.00 e. The molecule has 0 atom stereocenters. The number of rotatable bonds is 0. The first kappa shape index (κ1) is 9.27. The molecule has 1 rings (SSSR count). The van der Waals surface area contributed by atoms with Crippen molar-refractivity contribution in [2.24, 2.45) is 4.99 Å². The van der Waals surface area contributed by atoms with Crippen molar-refractivity contribution in [1.29, 1.82) is 0 Å². The molecule has 0 amide bonds. The van der Waals surface area contributed by atoms with Gasteiger partial charge in [0.05, 0.1) is 0 Å². The van der Waals surface area contributed by atoms with Gasteiger partial charge in [0.15, 0.2) is 0 Å². The minimum Gasteiger partial charge on any atom is -0.761 e. The Bertz CT molecular complexity index is 120. The van der Waals surface area contributed by atoms with E-state index in [9.17, 15) is 0 Å². The predicted octanol–water partition coefficient (Wildman–Crippen LogP) is -1.76. The summed E-state index contributed by atoms with van der Waals surface area (Å²) >= 11 is 4.75. The molecule has 0 saturated carbocycles. The van der Waals surface area contributed by atoms with E-state index in [0.717, 1.165) is 17.9 Å². The van der Waals surface area contributed by atoms with Crippen molar-refractivity contribution >= 4 is 18.8 Å². The second-order valence-electron chi connectivity index (χ2n) is 1.43. The van der Waals surface area contributed by atoms with Crippen LogP contribution in [0.4, 0.5) is 0 Å². The van der Waals surface area contributed by atoms with Crippen molar-refractivity contribution in [3.05, 3.63) is 11.1 Å². The van der Waals surface area contributed by atoms with Gasteiger partial charge in [-0.2, -0.15) is 0 Å². The minimum absolute atomic E-state index is 0. The van der Waals surface area contributed by atoms with Crippen molar-refractivity contribution in [3.63, 3.8) is 0 Å². The Labute approximate surface area is 97.5 Å². The Morgan fingerprint density at radius 2 is 2.25 bits per heavy atom. The van der Waals surface area contributed by atoms with Gasteiger partial charge in [-0.15, -0.1) is 0 Å². The molecule has 1 heterocycles. The van der Waals surface area contributed by atoms with Crippen molar-refractivity contribution in [1.82, 2.24) is 0 Å². The molecule has 1 nitrogen and oxygen atoms in total. The van der Waals surface area contributed by atoms with Crippen molar-refractivity contribution in [3.8, 4) is 0 Å². The molecular weight excluding hydrogens is 145 g/mol. The van der Waals surface area contributed by atoms with Gasteiger partial charge in [0.1, 0.15) is 0 Å². The average Bonchev–Trinajstić information content (AvgIpc) is 1.69. The zero-order valence-electron chi connectivity index (χ0n) is 4.92. The van der Waals surface area contributed by atoms with Gasteiger partial charge < -0.3 is 12.6 Å². The van der Waals surface area contributed by atoms with Gasteiger partial charge in [0, 0.05) is 6.21 Å². The minimum atomic E-state index is 0. The zero-order valence-corrected chi connectivity index (χ0v) is 8.86. The van der Waals surface area contributed by atoms with E-state index in [-0.39, 0.29) is 51.4 Å². The maximum absolute atomic E-state index is 4.75. The molecule has 0 bridgehead atoms. The van der Waals surface area contributed by atoms with Gasteiger partial charge in [-0.25, -0.2) is 0 Å². The largest absolute Gasteiger partial charge is 1.00 e. The molecule has 1 aliphatic heterocycles. The normalized spacial score (nSPS) is 16.8. The summed E-state index contributed by atoms with van der Waals surface area (Å²) in [6.45, 7) is 0. The summed E-state index contributed by atoms with van der Waals surface area (Å²) in [6.07, 6.45) is 5.96. The molecule has 0 aromatic carbocycles. The van der Waals surface area contributed by atoms with Crippen LogP contribution < -0.4 is 51.4 Å². The van der Waals surface area contributed by atoms with Crippen LogP contribution >= 0.6 is 0 Å². The standard InChI is InChI=1S/C5H7NS.K/c7-5-3-1-2-4-6-5;/h3-4,7H,1-2H2;/q;+1/p-1. The summed E-state index contributed by atoms with van der Waals surface area (Å²) in [4.78, 5) is 3.88. The topological polar surface area (TPSA) is 12.4 Å². The van der Waals surface area contributed by atoms with Crippen LogP contribution in [0, 0.1) is 0 Å². The van der Waals surface area contributed by atoms with Crippen molar-refractivity contribution in [2.45, 2.75) is 12.8 Å². The first-order valence-corrected chi connectivity index (χ1v) is 2.70. The third-order valence-corrected chi connectivity index (χ3v) is 1.11.